The largest absolute Gasteiger partial charge is 0.466 e. The fourth-order valence-corrected chi connectivity index (χ4v) is 1.83. The van der Waals surface area contributed by atoms with Crippen molar-refractivity contribution >= 4 is 11.9 Å². The number of ether oxygens (including phenoxy) is 1. The van der Waals surface area contributed by atoms with Gasteiger partial charge in [-0.2, -0.15) is 0 Å². The van der Waals surface area contributed by atoms with E-state index >= 15 is 0 Å². The Hall–Kier alpha value is -1.98. The number of carbonyl (C=O) groups excluding carboxylic acids is 2. The van der Waals surface area contributed by atoms with Crippen LogP contribution >= 0.6 is 0 Å². The van der Waals surface area contributed by atoms with E-state index in [2.05, 4.69) is 0 Å². The molecule has 1 amide bonds. The standard InChI is InChI=1S/C15H19F2NO3/c1-4-21-15(20)8-7-14(19)18(3)10(2)11-5-6-12(16)13(17)9-11/h5-6,9-10H,4,7-8H2,1-3H3. The van der Waals surface area contributed by atoms with Crippen molar-refractivity contribution in [3.63, 3.8) is 0 Å². The van der Waals surface area contributed by atoms with E-state index in [4.69, 9.17) is 4.74 Å². The summed E-state index contributed by atoms with van der Waals surface area (Å²) in [6.07, 6.45) is 0.0187. The van der Waals surface area contributed by atoms with Gasteiger partial charge in [0, 0.05) is 13.5 Å². The summed E-state index contributed by atoms with van der Waals surface area (Å²) in [7, 11) is 1.55. The predicted octanol–water partition coefficient (Wildman–Crippen LogP) is 2.83. The van der Waals surface area contributed by atoms with Gasteiger partial charge in [0.15, 0.2) is 11.6 Å². The number of halogens is 2. The van der Waals surface area contributed by atoms with Gasteiger partial charge in [-0.3, -0.25) is 9.59 Å². The monoisotopic (exact) mass is 299 g/mol. The fraction of sp³-hybridized carbons (Fsp3) is 0.467. The Labute approximate surface area is 122 Å². The molecule has 1 unspecified atom stereocenters. The van der Waals surface area contributed by atoms with Gasteiger partial charge in [-0.05, 0) is 31.5 Å². The molecular formula is C15H19F2NO3. The molecule has 0 aromatic heterocycles. The summed E-state index contributed by atoms with van der Waals surface area (Å²) in [6, 6.07) is 3.10. The van der Waals surface area contributed by atoms with E-state index in [0.29, 0.717) is 5.56 Å². The lowest BCUT2D eigenvalue weighted by Crippen LogP contribution is -2.30. The van der Waals surface area contributed by atoms with Crippen LogP contribution in [0.15, 0.2) is 18.2 Å². The van der Waals surface area contributed by atoms with Gasteiger partial charge in [0.2, 0.25) is 5.91 Å². The van der Waals surface area contributed by atoms with Crippen LogP contribution in [0.1, 0.15) is 38.3 Å². The number of hydrogen-bond donors (Lipinski definition) is 0. The first kappa shape index (κ1) is 17.1. The maximum absolute atomic E-state index is 13.2. The summed E-state index contributed by atoms with van der Waals surface area (Å²) < 4.78 is 30.8. The number of rotatable bonds is 6. The third kappa shape index (κ3) is 4.81. The number of benzene rings is 1. The van der Waals surface area contributed by atoms with Gasteiger partial charge < -0.3 is 9.64 Å². The molecule has 0 bridgehead atoms. The molecule has 0 fully saturated rings. The first-order valence-electron chi connectivity index (χ1n) is 6.73. The Bertz CT molecular complexity index is 520. The lowest BCUT2D eigenvalue weighted by Gasteiger charge is -2.25. The van der Waals surface area contributed by atoms with Gasteiger partial charge in [0.1, 0.15) is 0 Å². The van der Waals surface area contributed by atoms with E-state index in [0.717, 1.165) is 12.1 Å². The van der Waals surface area contributed by atoms with Crippen LogP contribution in [-0.2, 0) is 14.3 Å². The molecule has 0 N–H and O–H groups in total. The summed E-state index contributed by atoms with van der Waals surface area (Å²) in [5.41, 5.74) is 0.487. The molecule has 0 aliphatic carbocycles. The molecule has 1 aromatic rings. The van der Waals surface area contributed by atoms with E-state index in [1.165, 1.54) is 11.0 Å². The van der Waals surface area contributed by atoms with Crippen LogP contribution in [-0.4, -0.2) is 30.4 Å². The molecule has 0 heterocycles. The topological polar surface area (TPSA) is 46.6 Å². The van der Waals surface area contributed by atoms with Crippen LogP contribution in [0, 0.1) is 11.6 Å². The minimum Gasteiger partial charge on any atom is -0.466 e. The highest BCUT2D eigenvalue weighted by Gasteiger charge is 2.19. The molecule has 0 aliphatic rings. The van der Waals surface area contributed by atoms with Crippen LogP contribution < -0.4 is 0 Å². The summed E-state index contributed by atoms with van der Waals surface area (Å²) >= 11 is 0. The summed E-state index contributed by atoms with van der Waals surface area (Å²) in [6.45, 7) is 3.67. The van der Waals surface area contributed by atoms with Gasteiger partial charge in [-0.15, -0.1) is 0 Å². The average molecular weight is 299 g/mol. The van der Waals surface area contributed by atoms with Crippen LogP contribution in [0.2, 0.25) is 0 Å². The van der Waals surface area contributed by atoms with E-state index < -0.39 is 23.6 Å². The highest BCUT2D eigenvalue weighted by atomic mass is 19.2. The summed E-state index contributed by atoms with van der Waals surface area (Å²) in [4.78, 5) is 24.6. The normalized spacial score (nSPS) is 11.9. The second-order valence-corrected chi connectivity index (χ2v) is 4.66. The zero-order valence-electron chi connectivity index (χ0n) is 12.4. The summed E-state index contributed by atoms with van der Waals surface area (Å²) in [5, 5.41) is 0. The molecule has 6 heteroatoms. The van der Waals surface area contributed by atoms with Gasteiger partial charge in [0.05, 0.1) is 19.1 Å². The first-order chi connectivity index (χ1) is 9.86. The van der Waals surface area contributed by atoms with E-state index in [9.17, 15) is 18.4 Å². The van der Waals surface area contributed by atoms with Crippen LogP contribution in [0.3, 0.4) is 0 Å². The SMILES string of the molecule is CCOC(=O)CCC(=O)N(C)C(C)c1ccc(F)c(F)c1. The third-order valence-corrected chi connectivity index (χ3v) is 3.25. The van der Waals surface area contributed by atoms with Gasteiger partial charge in [-0.25, -0.2) is 8.78 Å². The van der Waals surface area contributed by atoms with Gasteiger partial charge >= 0.3 is 5.97 Å². The minimum absolute atomic E-state index is 0.00150. The number of nitrogens with zero attached hydrogens (tertiary/aromatic N) is 1. The van der Waals surface area contributed by atoms with Crippen molar-refractivity contribution in [3.05, 3.63) is 35.4 Å². The molecule has 0 spiro atoms. The van der Waals surface area contributed by atoms with Crippen molar-refractivity contribution in [2.75, 3.05) is 13.7 Å². The fourth-order valence-electron chi connectivity index (χ4n) is 1.83. The van der Waals surface area contributed by atoms with Gasteiger partial charge in [-0.1, -0.05) is 6.07 Å². The van der Waals surface area contributed by atoms with Crippen molar-refractivity contribution in [2.45, 2.75) is 32.7 Å². The van der Waals surface area contributed by atoms with Crippen molar-refractivity contribution in [2.24, 2.45) is 0 Å². The Morgan fingerprint density at radius 2 is 1.90 bits per heavy atom. The van der Waals surface area contributed by atoms with Crippen LogP contribution in [0.4, 0.5) is 8.78 Å². The third-order valence-electron chi connectivity index (χ3n) is 3.25. The second kappa shape index (κ2) is 7.71. The number of esters is 1. The maximum Gasteiger partial charge on any atom is 0.306 e. The molecule has 1 atom stereocenters. The highest BCUT2D eigenvalue weighted by molar-refractivity contribution is 5.81. The van der Waals surface area contributed by atoms with Crippen molar-refractivity contribution in [1.29, 1.82) is 0 Å². The smallest absolute Gasteiger partial charge is 0.306 e. The first-order valence-corrected chi connectivity index (χ1v) is 6.73. The molecule has 116 valence electrons. The van der Waals surface area contributed by atoms with Crippen LogP contribution in [0.25, 0.3) is 0 Å². The molecule has 21 heavy (non-hydrogen) atoms. The van der Waals surface area contributed by atoms with Crippen molar-refractivity contribution < 1.29 is 23.1 Å². The predicted molar refractivity (Wildman–Crippen MR) is 73.4 cm³/mol. The highest BCUT2D eigenvalue weighted by Crippen LogP contribution is 2.21. The average Bonchev–Trinajstić information content (AvgIpc) is 2.46. The second-order valence-electron chi connectivity index (χ2n) is 4.66. The van der Waals surface area contributed by atoms with Crippen LogP contribution in [0.5, 0.6) is 0 Å². The van der Waals surface area contributed by atoms with E-state index in [-0.39, 0.29) is 25.4 Å². The van der Waals surface area contributed by atoms with E-state index in [1.54, 1.807) is 20.9 Å². The molecular weight excluding hydrogens is 280 g/mol. The molecule has 1 rings (SSSR count). The van der Waals surface area contributed by atoms with E-state index in [1.807, 2.05) is 0 Å². The Morgan fingerprint density at radius 1 is 1.24 bits per heavy atom. The molecule has 0 aliphatic heterocycles. The zero-order chi connectivity index (χ0) is 16.0. The number of carbonyl (C=O) groups is 2. The lowest BCUT2D eigenvalue weighted by atomic mass is 10.1. The zero-order valence-corrected chi connectivity index (χ0v) is 12.4. The molecule has 0 saturated heterocycles. The molecule has 0 saturated carbocycles. The maximum atomic E-state index is 13.2. The molecule has 4 nitrogen and oxygen atoms in total. The number of hydrogen-bond acceptors (Lipinski definition) is 3. The number of amides is 1. The Balaban J connectivity index is 2.64. The van der Waals surface area contributed by atoms with Crippen molar-refractivity contribution in [3.8, 4) is 0 Å². The quantitative estimate of drug-likeness (QED) is 0.759. The van der Waals surface area contributed by atoms with Crippen molar-refractivity contribution in [1.82, 2.24) is 4.90 Å². The molecule has 0 radical (unpaired) electrons. The Kier molecular flexibility index (Phi) is 6.27. The van der Waals surface area contributed by atoms with Gasteiger partial charge in [0.25, 0.3) is 0 Å². The Morgan fingerprint density at radius 3 is 2.48 bits per heavy atom. The summed E-state index contributed by atoms with van der Waals surface area (Å²) in [5.74, 6) is -2.58. The lowest BCUT2D eigenvalue weighted by molar-refractivity contribution is -0.145. The molecule has 1 aromatic carbocycles. The minimum atomic E-state index is -0.952.